The molecular formula is C8H7NaO7. The molecule has 0 saturated heterocycles. The van der Waals surface area contributed by atoms with Crippen LogP contribution < -0.4 is 34.7 Å². The Morgan fingerprint density at radius 3 is 1.50 bits per heavy atom. The SMILES string of the molecule is O=C([O-])Cc1c(O)c(O)c(O)c(O)c1O.[Na+]. The van der Waals surface area contributed by atoms with E-state index in [0.29, 0.717) is 0 Å². The number of benzene rings is 1. The Bertz CT molecular complexity index is 400. The topological polar surface area (TPSA) is 141 Å². The summed E-state index contributed by atoms with van der Waals surface area (Å²) in [5, 5.41) is 55.5. The van der Waals surface area contributed by atoms with E-state index < -0.39 is 46.7 Å². The van der Waals surface area contributed by atoms with Gasteiger partial charge < -0.3 is 35.4 Å². The Balaban J connectivity index is 0.00000225. The number of rotatable bonds is 2. The fraction of sp³-hybridized carbons (Fsp3) is 0.125. The molecule has 0 unspecified atom stereocenters. The van der Waals surface area contributed by atoms with Crippen LogP contribution in [-0.4, -0.2) is 31.5 Å². The van der Waals surface area contributed by atoms with Crippen molar-refractivity contribution in [2.45, 2.75) is 6.42 Å². The second-order valence-electron chi connectivity index (χ2n) is 2.77. The van der Waals surface area contributed by atoms with Gasteiger partial charge in [0.1, 0.15) is 0 Å². The van der Waals surface area contributed by atoms with Crippen LogP contribution in [0.5, 0.6) is 28.7 Å². The number of phenolic OH excluding ortho intramolecular Hbond substituents is 5. The first kappa shape index (κ1) is 14.7. The molecule has 0 saturated carbocycles. The molecule has 0 bridgehead atoms. The molecule has 0 radical (unpaired) electrons. The van der Waals surface area contributed by atoms with Crippen LogP contribution in [0.2, 0.25) is 0 Å². The van der Waals surface area contributed by atoms with Gasteiger partial charge in [-0.05, 0) is 0 Å². The van der Waals surface area contributed by atoms with Crippen LogP contribution in [0, 0.1) is 0 Å². The molecular weight excluding hydrogens is 231 g/mol. The minimum absolute atomic E-state index is 0. The van der Waals surface area contributed by atoms with E-state index >= 15 is 0 Å². The van der Waals surface area contributed by atoms with Crippen molar-refractivity contribution >= 4 is 5.97 Å². The third kappa shape index (κ3) is 2.43. The minimum atomic E-state index is -1.63. The molecule has 8 heteroatoms. The standard InChI is InChI=1S/C8H8O7.Na/c9-3(10)1-2-4(11)6(13)8(15)7(14)5(2)12;/h11-15H,1H2,(H,9,10);/q;+1/p-1. The number of carboxylic acid groups (broad SMARTS) is 1. The number of phenols is 5. The van der Waals surface area contributed by atoms with E-state index in [1.165, 1.54) is 0 Å². The van der Waals surface area contributed by atoms with E-state index in [0.717, 1.165) is 0 Å². The summed E-state index contributed by atoms with van der Waals surface area (Å²) in [5.41, 5.74) is -0.636. The maximum absolute atomic E-state index is 10.2. The Kier molecular flexibility index (Phi) is 4.73. The minimum Gasteiger partial charge on any atom is -0.550 e. The van der Waals surface area contributed by atoms with Crippen molar-refractivity contribution in [1.82, 2.24) is 0 Å². The molecule has 1 aromatic rings. The number of carbonyl (C=O) groups excluding carboxylic acids is 1. The molecule has 0 aliphatic rings. The molecule has 82 valence electrons. The quantitative estimate of drug-likeness (QED) is 0.198. The Hall–Kier alpha value is -1.31. The van der Waals surface area contributed by atoms with Gasteiger partial charge in [-0.15, -0.1) is 0 Å². The number of hydrogen-bond acceptors (Lipinski definition) is 7. The molecule has 7 nitrogen and oxygen atoms in total. The van der Waals surface area contributed by atoms with Crippen LogP contribution in [0.15, 0.2) is 0 Å². The van der Waals surface area contributed by atoms with Gasteiger partial charge in [0.15, 0.2) is 11.5 Å². The second-order valence-corrected chi connectivity index (χ2v) is 2.77. The van der Waals surface area contributed by atoms with Gasteiger partial charge in [-0.1, -0.05) is 0 Å². The summed E-state index contributed by atoms with van der Waals surface area (Å²) in [6.45, 7) is 0. The van der Waals surface area contributed by atoms with Crippen LogP contribution in [-0.2, 0) is 11.2 Å². The summed E-state index contributed by atoms with van der Waals surface area (Å²) in [4.78, 5) is 10.2. The average molecular weight is 238 g/mol. The summed E-state index contributed by atoms with van der Waals surface area (Å²) < 4.78 is 0. The van der Waals surface area contributed by atoms with Gasteiger partial charge in [-0.3, -0.25) is 0 Å². The van der Waals surface area contributed by atoms with Gasteiger partial charge in [-0.2, -0.15) is 0 Å². The number of aromatic hydroxyl groups is 5. The van der Waals surface area contributed by atoms with Gasteiger partial charge in [0, 0.05) is 18.0 Å². The zero-order valence-electron chi connectivity index (χ0n) is 8.26. The first-order valence-corrected chi connectivity index (χ1v) is 3.73. The summed E-state index contributed by atoms with van der Waals surface area (Å²) in [6.07, 6.45) is -0.918. The molecule has 0 aliphatic heterocycles. The maximum atomic E-state index is 10.2. The fourth-order valence-electron chi connectivity index (χ4n) is 1.05. The van der Waals surface area contributed by atoms with E-state index in [1.54, 1.807) is 0 Å². The van der Waals surface area contributed by atoms with E-state index in [4.69, 9.17) is 25.5 Å². The van der Waals surface area contributed by atoms with Crippen molar-refractivity contribution in [2.75, 3.05) is 0 Å². The van der Waals surface area contributed by atoms with Gasteiger partial charge in [0.25, 0.3) is 0 Å². The van der Waals surface area contributed by atoms with Crippen molar-refractivity contribution in [3.05, 3.63) is 5.56 Å². The first-order valence-electron chi connectivity index (χ1n) is 3.73. The molecule has 0 aliphatic carbocycles. The molecule has 0 heterocycles. The summed E-state index contributed by atoms with van der Waals surface area (Å²) >= 11 is 0. The molecule has 0 aromatic heterocycles. The normalized spacial score (nSPS) is 9.50. The molecule has 0 spiro atoms. The number of hydrogen-bond donors (Lipinski definition) is 5. The molecule has 16 heavy (non-hydrogen) atoms. The van der Waals surface area contributed by atoms with Crippen LogP contribution >= 0.6 is 0 Å². The van der Waals surface area contributed by atoms with E-state index in [2.05, 4.69) is 0 Å². The van der Waals surface area contributed by atoms with Crippen LogP contribution in [0.3, 0.4) is 0 Å². The second kappa shape index (κ2) is 5.15. The van der Waals surface area contributed by atoms with Gasteiger partial charge in [0.05, 0.1) is 0 Å². The van der Waals surface area contributed by atoms with Crippen LogP contribution in [0.1, 0.15) is 5.56 Å². The average Bonchev–Trinajstić information content (AvgIpc) is 2.18. The molecule has 0 fully saturated rings. The van der Waals surface area contributed by atoms with Gasteiger partial charge >= 0.3 is 29.6 Å². The van der Waals surface area contributed by atoms with Crippen molar-refractivity contribution in [1.29, 1.82) is 0 Å². The maximum Gasteiger partial charge on any atom is 1.00 e. The first-order chi connectivity index (χ1) is 6.86. The van der Waals surface area contributed by atoms with Gasteiger partial charge in [0.2, 0.25) is 17.2 Å². The summed E-state index contributed by atoms with van der Waals surface area (Å²) in [6, 6.07) is 0. The van der Waals surface area contributed by atoms with Crippen molar-refractivity contribution in [3.8, 4) is 28.7 Å². The van der Waals surface area contributed by atoms with E-state index in [1.807, 2.05) is 0 Å². The van der Waals surface area contributed by atoms with Crippen molar-refractivity contribution in [2.24, 2.45) is 0 Å². The third-order valence-electron chi connectivity index (χ3n) is 1.79. The summed E-state index contributed by atoms with van der Waals surface area (Å²) in [5.74, 6) is -7.03. The van der Waals surface area contributed by atoms with Crippen molar-refractivity contribution < 1.29 is 65.0 Å². The van der Waals surface area contributed by atoms with Crippen LogP contribution in [0.4, 0.5) is 0 Å². The van der Waals surface area contributed by atoms with E-state index in [9.17, 15) is 9.90 Å². The Morgan fingerprint density at radius 1 is 0.875 bits per heavy atom. The van der Waals surface area contributed by atoms with Crippen molar-refractivity contribution in [3.63, 3.8) is 0 Å². The Labute approximate surface area is 112 Å². The molecule has 1 aromatic carbocycles. The zero-order valence-corrected chi connectivity index (χ0v) is 10.3. The fourth-order valence-corrected chi connectivity index (χ4v) is 1.05. The predicted octanol–water partition coefficient (Wildman–Crippen LogP) is -4.49. The smallest absolute Gasteiger partial charge is 0.550 e. The number of carboxylic acids is 1. The molecule has 1 rings (SSSR count). The number of carbonyl (C=O) groups is 1. The Morgan fingerprint density at radius 2 is 1.19 bits per heavy atom. The molecule has 5 N–H and O–H groups in total. The molecule has 0 atom stereocenters. The summed E-state index contributed by atoms with van der Waals surface area (Å²) in [7, 11) is 0. The zero-order chi connectivity index (χ0) is 11.7. The third-order valence-corrected chi connectivity index (χ3v) is 1.79. The predicted molar refractivity (Wildman–Crippen MR) is 43.5 cm³/mol. The largest absolute Gasteiger partial charge is 1.00 e. The molecule has 0 amide bonds. The monoisotopic (exact) mass is 238 g/mol. The van der Waals surface area contributed by atoms with Gasteiger partial charge in [-0.25, -0.2) is 0 Å². The number of aliphatic carboxylic acids is 1. The van der Waals surface area contributed by atoms with Crippen LogP contribution in [0.25, 0.3) is 0 Å². The van der Waals surface area contributed by atoms with E-state index in [-0.39, 0.29) is 29.6 Å².